The zero-order valence-electron chi connectivity index (χ0n) is 11.7. The second kappa shape index (κ2) is 6.32. The van der Waals surface area contributed by atoms with E-state index >= 15 is 0 Å². The lowest BCUT2D eigenvalue weighted by atomic mass is 10.1. The Morgan fingerprint density at radius 1 is 1.47 bits per heavy atom. The third-order valence-electron chi connectivity index (χ3n) is 2.63. The summed E-state index contributed by atoms with van der Waals surface area (Å²) < 4.78 is 32.5. The van der Waals surface area contributed by atoms with Gasteiger partial charge in [-0.05, 0) is 39.3 Å². The van der Waals surface area contributed by atoms with Crippen molar-refractivity contribution in [3.05, 3.63) is 16.5 Å². The zero-order valence-corrected chi connectivity index (χ0v) is 13.3. The van der Waals surface area contributed by atoms with Gasteiger partial charge in [0.05, 0.1) is 12.2 Å². The van der Waals surface area contributed by atoms with Crippen molar-refractivity contribution in [2.24, 2.45) is 0 Å². The van der Waals surface area contributed by atoms with Crippen molar-refractivity contribution in [3.8, 4) is 0 Å². The van der Waals surface area contributed by atoms with Crippen molar-refractivity contribution in [2.45, 2.75) is 44.1 Å². The van der Waals surface area contributed by atoms with Crippen LogP contribution in [0.3, 0.4) is 0 Å². The fourth-order valence-corrected chi connectivity index (χ4v) is 4.25. The average molecular weight is 307 g/mol. The number of aliphatic hydroxyl groups excluding tert-OH is 1. The first-order valence-corrected chi connectivity index (χ1v) is 8.35. The predicted molar refractivity (Wildman–Crippen MR) is 75.9 cm³/mol. The first kappa shape index (κ1) is 16.6. The zero-order chi connectivity index (χ0) is 14.7. The van der Waals surface area contributed by atoms with Crippen LogP contribution in [0.1, 0.15) is 31.2 Å². The van der Waals surface area contributed by atoms with E-state index in [0.717, 1.165) is 16.9 Å². The quantitative estimate of drug-likeness (QED) is 0.803. The summed E-state index contributed by atoms with van der Waals surface area (Å²) in [4.78, 5) is 0.671. The summed E-state index contributed by atoms with van der Waals surface area (Å²) >= 11 is 1.09. The van der Waals surface area contributed by atoms with Crippen molar-refractivity contribution in [1.82, 2.24) is 4.72 Å². The molecule has 0 bridgehead atoms. The molecule has 1 aromatic heterocycles. The summed E-state index contributed by atoms with van der Waals surface area (Å²) in [6, 6.07) is 1.58. The molecule has 0 radical (unpaired) electrons. The molecule has 0 aliphatic heterocycles. The van der Waals surface area contributed by atoms with Crippen LogP contribution in [-0.2, 0) is 21.4 Å². The number of rotatable bonds is 7. The Morgan fingerprint density at radius 2 is 2.11 bits per heavy atom. The van der Waals surface area contributed by atoms with Gasteiger partial charge in [-0.25, -0.2) is 13.1 Å². The molecule has 1 rings (SSSR count). The minimum absolute atomic E-state index is 0.142. The molecule has 2 N–H and O–H groups in total. The molecule has 0 saturated heterocycles. The van der Waals surface area contributed by atoms with Gasteiger partial charge in [0.1, 0.15) is 4.21 Å². The molecule has 0 atom stereocenters. The van der Waals surface area contributed by atoms with Crippen LogP contribution in [0.2, 0.25) is 0 Å². The SMILES string of the molecule is CCOC(C)(C)CNS(=O)(=O)c1cc(C)c(CO)s1. The third-order valence-corrected chi connectivity index (χ3v) is 5.73. The fourth-order valence-electron chi connectivity index (χ4n) is 1.56. The average Bonchev–Trinajstić information content (AvgIpc) is 2.69. The van der Waals surface area contributed by atoms with Crippen LogP contribution >= 0.6 is 11.3 Å². The van der Waals surface area contributed by atoms with Gasteiger partial charge >= 0.3 is 0 Å². The number of nitrogens with one attached hydrogen (secondary N) is 1. The normalized spacial score (nSPS) is 12.9. The van der Waals surface area contributed by atoms with Gasteiger partial charge in [-0.3, -0.25) is 0 Å². The first-order valence-electron chi connectivity index (χ1n) is 6.05. The predicted octanol–water partition coefficient (Wildman–Crippen LogP) is 1.64. The Hall–Kier alpha value is -0.470. The van der Waals surface area contributed by atoms with E-state index in [4.69, 9.17) is 9.84 Å². The third kappa shape index (κ3) is 4.54. The van der Waals surface area contributed by atoms with Crippen LogP contribution in [0.25, 0.3) is 0 Å². The molecule has 0 spiro atoms. The number of hydrogen-bond acceptors (Lipinski definition) is 5. The summed E-state index contributed by atoms with van der Waals surface area (Å²) in [5.41, 5.74) is 0.241. The Balaban J connectivity index is 2.81. The van der Waals surface area contributed by atoms with Gasteiger partial charge in [0.2, 0.25) is 10.0 Å². The maximum Gasteiger partial charge on any atom is 0.250 e. The summed E-state index contributed by atoms with van der Waals surface area (Å²) in [5, 5.41) is 9.10. The van der Waals surface area contributed by atoms with Crippen molar-refractivity contribution < 1.29 is 18.3 Å². The molecule has 1 aromatic rings. The topological polar surface area (TPSA) is 75.6 Å². The smallest absolute Gasteiger partial charge is 0.250 e. The highest BCUT2D eigenvalue weighted by Gasteiger charge is 2.24. The van der Waals surface area contributed by atoms with Crippen LogP contribution in [-0.4, -0.2) is 32.3 Å². The lowest BCUT2D eigenvalue weighted by Gasteiger charge is -2.24. The van der Waals surface area contributed by atoms with Crippen LogP contribution in [0.15, 0.2) is 10.3 Å². The van der Waals surface area contributed by atoms with E-state index in [0.29, 0.717) is 11.5 Å². The molecule has 7 heteroatoms. The van der Waals surface area contributed by atoms with Gasteiger partial charge in [-0.1, -0.05) is 0 Å². The fraction of sp³-hybridized carbons (Fsp3) is 0.667. The molecule has 0 aliphatic carbocycles. The highest BCUT2D eigenvalue weighted by atomic mass is 32.2. The standard InChI is InChI=1S/C12H21NO4S2/c1-5-17-12(3,4)8-13-19(15,16)11-6-9(2)10(7-14)18-11/h6,13-14H,5,7-8H2,1-4H3. The van der Waals surface area contributed by atoms with E-state index in [9.17, 15) is 8.42 Å². The summed E-state index contributed by atoms with van der Waals surface area (Å²) in [7, 11) is -3.55. The van der Waals surface area contributed by atoms with Gasteiger partial charge in [0, 0.05) is 18.0 Å². The number of aryl methyl sites for hydroxylation is 1. The molecule has 0 aromatic carbocycles. The lowest BCUT2D eigenvalue weighted by Crippen LogP contribution is -2.40. The van der Waals surface area contributed by atoms with Crippen LogP contribution in [0.4, 0.5) is 0 Å². The molecular weight excluding hydrogens is 286 g/mol. The Morgan fingerprint density at radius 3 is 2.58 bits per heavy atom. The van der Waals surface area contributed by atoms with Crippen molar-refractivity contribution >= 4 is 21.4 Å². The van der Waals surface area contributed by atoms with E-state index in [2.05, 4.69) is 4.72 Å². The number of sulfonamides is 1. The second-order valence-corrected chi connectivity index (χ2v) is 7.98. The van der Waals surface area contributed by atoms with Crippen LogP contribution in [0.5, 0.6) is 0 Å². The van der Waals surface area contributed by atoms with Gasteiger partial charge in [-0.2, -0.15) is 0 Å². The lowest BCUT2D eigenvalue weighted by molar-refractivity contribution is -0.00514. The molecule has 110 valence electrons. The maximum atomic E-state index is 12.1. The number of hydrogen-bond donors (Lipinski definition) is 2. The van der Waals surface area contributed by atoms with Crippen molar-refractivity contribution in [2.75, 3.05) is 13.2 Å². The molecule has 0 fully saturated rings. The highest BCUT2D eigenvalue weighted by Crippen LogP contribution is 2.26. The first-order chi connectivity index (χ1) is 8.72. The number of aliphatic hydroxyl groups is 1. The number of thiophene rings is 1. The molecule has 5 nitrogen and oxygen atoms in total. The summed E-state index contributed by atoms with van der Waals surface area (Å²) in [6.07, 6.45) is 0. The Bertz CT molecular complexity index is 520. The van der Waals surface area contributed by atoms with Crippen molar-refractivity contribution in [3.63, 3.8) is 0 Å². The molecule has 0 aliphatic rings. The van der Waals surface area contributed by atoms with E-state index in [1.165, 1.54) is 0 Å². The molecular formula is C12H21NO4S2. The van der Waals surface area contributed by atoms with E-state index in [1.54, 1.807) is 13.0 Å². The molecule has 0 amide bonds. The minimum Gasteiger partial charge on any atom is -0.391 e. The largest absolute Gasteiger partial charge is 0.391 e. The van der Waals surface area contributed by atoms with E-state index < -0.39 is 15.6 Å². The van der Waals surface area contributed by atoms with Gasteiger partial charge in [-0.15, -0.1) is 11.3 Å². The van der Waals surface area contributed by atoms with Crippen LogP contribution in [0, 0.1) is 6.92 Å². The maximum absolute atomic E-state index is 12.1. The van der Waals surface area contributed by atoms with E-state index in [1.807, 2.05) is 20.8 Å². The monoisotopic (exact) mass is 307 g/mol. The number of ether oxygens (including phenoxy) is 1. The molecule has 19 heavy (non-hydrogen) atoms. The Labute approximate surface area is 118 Å². The Kier molecular flexibility index (Phi) is 5.52. The summed E-state index contributed by atoms with van der Waals surface area (Å²) in [5.74, 6) is 0. The summed E-state index contributed by atoms with van der Waals surface area (Å²) in [6.45, 7) is 7.90. The van der Waals surface area contributed by atoms with Gasteiger partial charge in [0.15, 0.2) is 0 Å². The van der Waals surface area contributed by atoms with Gasteiger partial charge in [0.25, 0.3) is 0 Å². The molecule has 1 heterocycles. The van der Waals surface area contributed by atoms with E-state index in [-0.39, 0.29) is 17.4 Å². The molecule has 0 saturated carbocycles. The van der Waals surface area contributed by atoms with Crippen molar-refractivity contribution in [1.29, 1.82) is 0 Å². The minimum atomic E-state index is -3.55. The molecule has 0 unspecified atom stereocenters. The van der Waals surface area contributed by atoms with Gasteiger partial charge < -0.3 is 9.84 Å². The van der Waals surface area contributed by atoms with Crippen LogP contribution < -0.4 is 4.72 Å². The highest BCUT2D eigenvalue weighted by molar-refractivity contribution is 7.91. The second-order valence-electron chi connectivity index (χ2n) is 4.85.